The van der Waals surface area contributed by atoms with E-state index < -0.39 is 0 Å². The summed E-state index contributed by atoms with van der Waals surface area (Å²) in [5.74, 6) is 0.963. The van der Waals surface area contributed by atoms with Crippen LogP contribution in [0.25, 0.3) is 0 Å². The highest BCUT2D eigenvalue weighted by Crippen LogP contribution is 2.34. The van der Waals surface area contributed by atoms with Crippen LogP contribution in [0.5, 0.6) is 0 Å². The third-order valence-corrected chi connectivity index (χ3v) is 5.10. The molecule has 2 aliphatic rings. The second-order valence-corrected chi connectivity index (χ2v) is 6.70. The topological polar surface area (TPSA) is 32.3 Å². The minimum atomic E-state index is 0.159. The maximum Gasteiger partial charge on any atom is 0.234 e. The van der Waals surface area contributed by atoms with Crippen molar-refractivity contribution in [2.45, 2.75) is 51.1 Å². The number of carbonyl (C=O) groups is 1. The van der Waals surface area contributed by atoms with Gasteiger partial charge in [-0.3, -0.25) is 9.69 Å². The van der Waals surface area contributed by atoms with Gasteiger partial charge >= 0.3 is 0 Å². The molecule has 0 bridgehead atoms. The highest BCUT2D eigenvalue weighted by molar-refractivity contribution is 5.78. The van der Waals surface area contributed by atoms with Crippen molar-refractivity contribution in [1.82, 2.24) is 10.2 Å². The van der Waals surface area contributed by atoms with Gasteiger partial charge in [-0.1, -0.05) is 24.3 Å². The molecule has 21 heavy (non-hydrogen) atoms. The first-order valence-electron chi connectivity index (χ1n) is 8.22. The van der Waals surface area contributed by atoms with Gasteiger partial charge < -0.3 is 5.32 Å². The molecule has 1 amide bonds. The summed E-state index contributed by atoms with van der Waals surface area (Å²) in [6.07, 6.45) is 6.01. The quantitative estimate of drug-likeness (QED) is 0.902. The molecule has 0 heterocycles. The van der Waals surface area contributed by atoms with E-state index >= 15 is 0 Å². The van der Waals surface area contributed by atoms with E-state index in [0.29, 0.717) is 12.6 Å². The highest BCUT2D eigenvalue weighted by atomic mass is 16.2. The van der Waals surface area contributed by atoms with Crippen molar-refractivity contribution in [3.63, 3.8) is 0 Å². The van der Waals surface area contributed by atoms with Crippen LogP contribution in [0.15, 0.2) is 24.3 Å². The molecular weight excluding hydrogens is 260 g/mol. The first kappa shape index (κ1) is 14.6. The van der Waals surface area contributed by atoms with Crippen molar-refractivity contribution in [3.05, 3.63) is 35.4 Å². The van der Waals surface area contributed by atoms with Crippen molar-refractivity contribution in [1.29, 1.82) is 0 Å². The van der Waals surface area contributed by atoms with Gasteiger partial charge in [-0.25, -0.2) is 0 Å². The van der Waals surface area contributed by atoms with Crippen LogP contribution in [0.3, 0.4) is 0 Å². The lowest BCUT2D eigenvalue weighted by atomic mass is 9.88. The van der Waals surface area contributed by atoms with Crippen molar-refractivity contribution >= 4 is 5.91 Å². The fraction of sp³-hybridized carbons (Fsp3) is 0.611. The van der Waals surface area contributed by atoms with Crippen LogP contribution in [0.2, 0.25) is 0 Å². The second-order valence-electron chi connectivity index (χ2n) is 6.70. The molecule has 3 heteroatoms. The third kappa shape index (κ3) is 3.46. The minimum Gasteiger partial charge on any atom is -0.348 e. The highest BCUT2D eigenvalue weighted by Gasteiger charge is 2.31. The van der Waals surface area contributed by atoms with Gasteiger partial charge in [-0.15, -0.1) is 0 Å². The van der Waals surface area contributed by atoms with E-state index in [1.807, 2.05) is 0 Å². The van der Waals surface area contributed by atoms with Crippen LogP contribution in [0.4, 0.5) is 0 Å². The molecule has 0 aromatic heterocycles. The number of likely N-dealkylation sites (N-methyl/N-ethyl adjacent to an activating group) is 1. The number of carbonyl (C=O) groups excluding carboxylic acids is 1. The summed E-state index contributed by atoms with van der Waals surface area (Å²) in [5, 5.41) is 3.24. The number of hydrogen-bond acceptors (Lipinski definition) is 2. The van der Waals surface area contributed by atoms with Crippen LogP contribution < -0.4 is 5.32 Å². The molecule has 2 aliphatic carbocycles. The molecule has 0 unspecified atom stereocenters. The molecule has 114 valence electrons. The monoisotopic (exact) mass is 286 g/mol. The Morgan fingerprint density at radius 3 is 2.86 bits per heavy atom. The predicted molar refractivity (Wildman–Crippen MR) is 85.1 cm³/mol. The molecule has 0 radical (unpaired) electrons. The molecule has 1 aromatic carbocycles. The third-order valence-electron chi connectivity index (χ3n) is 5.10. The molecule has 3 nitrogen and oxygen atoms in total. The Kier molecular flexibility index (Phi) is 4.29. The fourth-order valence-electron chi connectivity index (χ4n) is 3.45. The number of fused-ring (bicyclic) bond motifs is 1. The van der Waals surface area contributed by atoms with Crippen molar-refractivity contribution in [2.24, 2.45) is 5.92 Å². The summed E-state index contributed by atoms with van der Waals surface area (Å²) in [6.45, 7) is 2.75. The largest absolute Gasteiger partial charge is 0.348 e. The van der Waals surface area contributed by atoms with Gasteiger partial charge in [0.1, 0.15) is 0 Å². The van der Waals surface area contributed by atoms with Crippen LogP contribution in [-0.4, -0.2) is 30.4 Å². The van der Waals surface area contributed by atoms with Gasteiger partial charge in [0.2, 0.25) is 5.91 Å². The number of rotatable bonds is 5. The Balaban J connectivity index is 1.58. The van der Waals surface area contributed by atoms with Crippen LogP contribution in [-0.2, 0) is 11.2 Å². The lowest BCUT2D eigenvalue weighted by Gasteiger charge is -2.28. The number of nitrogens with one attached hydrogen (secondary N) is 1. The Morgan fingerprint density at radius 2 is 2.10 bits per heavy atom. The molecule has 1 fully saturated rings. The number of aryl methyl sites for hydroxylation is 1. The normalized spacial score (nSPS) is 22.7. The van der Waals surface area contributed by atoms with E-state index in [4.69, 9.17) is 0 Å². The molecule has 1 N–H and O–H groups in total. The number of benzene rings is 1. The van der Waals surface area contributed by atoms with Gasteiger partial charge in [0, 0.05) is 6.04 Å². The smallest absolute Gasteiger partial charge is 0.234 e. The number of amides is 1. The predicted octanol–water partition coefficient (Wildman–Crippen LogP) is 2.91. The lowest BCUT2D eigenvalue weighted by molar-refractivity contribution is -0.123. The van der Waals surface area contributed by atoms with E-state index in [9.17, 15) is 4.79 Å². The van der Waals surface area contributed by atoms with Gasteiger partial charge in [-0.05, 0) is 63.1 Å². The first-order chi connectivity index (χ1) is 10.1. The molecule has 1 saturated carbocycles. The van der Waals surface area contributed by atoms with E-state index in [1.54, 1.807) is 0 Å². The molecule has 3 rings (SSSR count). The fourth-order valence-corrected chi connectivity index (χ4v) is 3.45. The van der Waals surface area contributed by atoms with E-state index in [-0.39, 0.29) is 11.9 Å². The average Bonchev–Trinajstić information content (AvgIpc) is 3.31. The summed E-state index contributed by atoms with van der Waals surface area (Å²) in [7, 11) is 2.07. The second kappa shape index (κ2) is 6.18. The maximum atomic E-state index is 12.3. The summed E-state index contributed by atoms with van der Waals surface area (Å²) >= 11 is 0. The van der Waals surface area contributed by atoms with Gasteiger partial charge in [0.15, 0.2) is 0 Å². The standard InChI is InChI=1S/C18H26N2O/c1-13(14-10-11-14)20(2)12-18(21)19-17-9-5-7-15-6-3-4-8-16(15)17/h3-4,6,8,13-14,17H,5,7,9-12H2,1-2H3,(H,19,21)/t13-,17+/m1/s1. The van der Waals surface area contributed by atoms with E-state index in [0.717, 1.165) is 25.2 Å². The molecule has 2 atom stereocenters. The molecule has 0 spiro atoms. The summed E-state index contributed by atoms with van der Waals surface area (Å²) in [5.41, 5.74) is 2.71. The minimum absolute atomic E-state index is 0.159. The maximum absolute atomic E-state index is 12.3. The Labute approximate surface area is 127 Å². The zero-order chi connectivity index (χ0) is 14.8. The Morgan fingerprint density at radius 1 is 1.33 bits per heavy atom. The zero-order valence-electron chi connectivity index (χ0n) is 13.1. The molecular formula is C18H26N2O. The van der Waals surface area contributed by atoms with Crippen LogP contribution in [0.1, 0.15) is 49.8 Å². The van der Waals surface area contributed by atoms with Crippen LogP contribution in [0, 0.1) is 5.92 Å². The van der Waals surface area contributed by atoms with Crippen molar-refractivity contribution < 1.29 is 4.79 Å². The Hall–Kier alpha value is -1.35. The van der Waals surface area contributed by atoms with Gasteiger partial charge in [0.25, 0.3) is 0 Å². The summed E-state index contributed by atoms with van der Waals surface area (Å²) < 4.78 is 0. The SMILES string of the molecule is C[C@H](C1CC1)N(C)CC(=O)N[C@H]1CCCc2ccccc21. The molecule has 0 aliphatic heterocycles. The van der Waals surface area contributed by atoms with E-state index in [1.165, 1.54) is 24.0 Å². The zero-order valence-corrected chi connectivity index (χ0v) is 13.1. The lowest BCUT2D eigenvalue weighted by Crippen LogP contribution is -2.42. The average molecular weight is 286 g/mol. The van der Waals surface area contributed by atoms with Crippen molar-refractivity contribution in [2.75, 3.05) is 13.6 Å². The van der Waals surface area contributed by atoms with E-state index in [2.05, 4.69) is 48.5 Å². The van der Waals surface area contributed by atoms with Gasteiger partial charge in [-0.2, -0.15) is 0 Å². The van der Waals surface area contributed by atoms with Gasteiger partial charge in [0.05, 0.1) is 12.6 Å². The Bertz CT molecular complexity index is 510. The molecule has 0 saturated heterocycles. The van der Waals surface area contributed by atoms with Crippen LogP contribution >= 0.6 is 0 Å². The number of nitrogens with zero attached hydrogens (tertiary/aromatic N) is 1. The van der Waals surface area contributed by atoms with Crippen molar-refractivity contribution in [3.8, 4) is 0 Å². The molecule has 1 aromatic rings. The summed E-state index contributed by atoms with van der Waals surface area (Å²) in [4.78, 5) is 14.5. The summed E-state index contributed by atoms with van der Waals surface area (Å²) in [6, 6.07) is 9.24. The number of hydrogen-bond donors (Lipinski definition) is 1. The first-order valence-corrected chi connectivity index (χ1v) is 8.22.